The number of nitrogens with one attached hydrogen (secondary N) is 4. The fourth-order valence-corrected chi connectivity index (χ4v) is 2.24. The Morgan fingerprint density at radius 3 is 1.60 bits per heavy atom. The third-order valence-corrected chi connectivity index (χ3v) is 3.35. The first kappa shape index (κ1) is 14.3. The van der Waals surface area contributed by atoms with Crippen molar-refractivity contribution in [2.75, 3.05) is 13.1 Å². The van der Waals surface area contributed by atoms with Crippen molar-refractivity contribution in [1.29, 1.82) is 0 Å². The van der Waals surface area contributed by atoms with E-state index in [1.165, 1.54) is 0 Å². The summed E-state index contributed by atoms with van der Waals surface area (Å²) in [6.07, 6.45) is 1.75. The Morgan fingerprint density at radius 1 is 0.900 bits per heavy atom. The average molecular weight is 282 g/mol. The molecule has 8 heteroatoms. The van der Waals surface area contributed by atoms with Crippen LogP contribution in [0.25, 0.3) is 0 Å². The van der Waals surface area contributed by atoms with Crippen molar-refractivity contribution in [1.82, 2.24) is 21.3 Å². The Balaban J connectivity index is 1.59. The second-order valence-corrected chi connectivity index (χ2v) is 4.90. The first-order valence-electron chi connectivity index (χ1n) is 6.70. The van der Waals surface area contributed by atoms with Crippen LogP contribution in [-0.2, 0) is 19.2 Å². The van der Waals surface area contributed by atoms with Crippen LogP contribution in [0.3, 0.4) is 0 Å². The molecule has 2 saturated heterocycles. The molecule has 4 amide bonds. The Kier molecular flexibility index (Phi) is 4.54. The van der Waals surface area contributed by atoms with Gasteiger partial charge in [-0.2, -0.15) is 0 Å². The molecule has 0 unspecified atom stereocenters. The Bertz CT molecular complexity index is 397. The number of rotatable bonds is 5. The SMILES string of the molecule is O=C1CC[C@@H](C(=O)NCCNC(=O)[C@@H]2CCC(=O)N2)N1. The van der Waals surface area contributed by atoms with Gasteiger partial charge in [0, 0.05) is 25.9 Å². The third kappa shape index (κ3) is 3.69. The highest BCUT2D eigenvalue weighted by molar-refractivity contribution is 5.91. The van der Waals surface area contributed by atoms with Crippen LogP contribution in [0, 0.1) is 0 Å². The van der Waals surface area contributed by atoms with Gasteiger partial charge in [0.05, 0.1) is 0 Å². The highest BCUT2D eigenvalue weighted by Crippen LogP contribution is 2.06. The lowest BCUT2D eigenvalue weighted by Crippen LogP contribution is -2.46. The van der Waals surface area contributed by atoms with E-state index < -0.39 is 12.1 Å². The fraction of sp³-hybridized carbons (Fsp3) is 0.667. The van der Waals surface area contributed by atoms with E-state index in [-0.39, 0.29) is 36.7 Å². The molecule has 0 saturated carbocycles. The van der Waals surface area contributed by atoms with Gasteiger partial charge >= 0.3 is 0 Å². The highest BCUT2D eigenvalue weighted by atomic mass is 16.2. The lowest BCUT2D eigenvalue weighted by atomic mass is 10.2. The Labute approximate surface area is 116 Å². The van der Waals surface area contributed by atoms with Crippen LogP contribution < -0.4 is 21.3 Å². The van der Waals surface area contributed by atoms with Crippen LogP contribution in [-0.4, -0.2) is 48.8 Å². The first-order valence-corrected chi connectivity index (χ1v) is 6.70. The van der Waals surface area contributed by atoms with Crippen LogP contribution in [0.2, 0.25) is 0 Å². The molecule has 0 aromatic carbocycles. The number of carbonyl (C=O) groups excluding carboxylic acids is 4. The number of amides is 4. The van der Waals surface area contributed by atoms with Gasteiger partial charge in [-0.1, -0.05) is 0 Å². The molecule has 2 atom stereocenters. The molecule has 110 valence electrons. The normalized spacial score (nSPS) is 25.0. The summed E-state index contributed by atoms with van der Waals surface area (Å²) in [4.78, 5) is 45.2. The van der Waals surface area contributed by atoms with Gasteiger partial charge in [0.2, 0.25) is 23.6 Å². The second kappa shape index (κ2) is 6.36. The van der Waals surface area contributed by atoms with Crippen LogP contribution in [0.5, 0.6) is 0 Å². The predicted molar refractivity (Wildman–Crippen MR) is 68.3 cm³/mol. The van der Waals surface area contributed by atoms with E-state index in [0.717, 1.165) is 0 Å². The maximum atomic E-state index is 11.6. The second-order valence-electron chi connectivity index (χ2n) is 4.90. The van der Waals surface area contributed by atoms with Gasteiger partial charge in [0.15, 0.2) is 0 Å². The predicted octanol–water partition coefficient (Wildman–Crippen LogP) is -2.22. The molecule has 0 bridgehead atoms. The summed E-state index contributed by atoms with van der Waals surface area (Å²) in [5, 5.41) is 10.4. The minimum absolute atomic E-state index is 0.115. The van der Waals surface area contributed by atoms with Gasteiger partial charge in [-0.05, 0) is 12.8 Å². The van der Waals surface area contributed by atoms with Crippen molar-refractivity contribution >= 4 is 23.6 Å². The van der Waals surface area contributed by atoms with E-state index in [0.29, 0.717) is 25.7 Å². The highest BCUT2D eigenvalue weighted by Gasteiger charge is 2.28. The molecule has 2 rings (SSSR count). The zero-order valence-electron chi connectivity index (χ0n) is 11.0. The number of hydrogen-bond donors (Lipinski definition) is 4. The molecule has 2 fully saturated rings. The Hall–Kier alpha value is -2.12. The lowest BCUT2D eigenvalue weighted by molar-refractivity contribution is -0.126. The molecule has 2 heterocycles. The quantitative estimate of drug-likeness (QED) is 0.427. The molecule has 2 aliphatic rings. The average Bonchev–Trinajstić information content (AvgIpc) is 3.03. The van der Waals surface area contributed by atoms with Crippen molar-refractivity contribution in [3.63, 3.8) is 0 Å². The molecular formula is C12H18N4O4. The van der Waals surface area contributed by atoms with Crippen LogP contribution in [0.15, 0.2) is 0 Å². The zero-order valence-corrected chi connectivity index (χ0v) is 11.0. The van der Waals surface area contributed by atoms with Gasteiger partial charge in [-0.15, -0.1) is 0 Å². The molecule has 0 radical (unpaired) electrons. The lowest BCUT2D eigenvalue weighted by Gasteiger charge is -2.13. The summed E-state index contributed by atoms with van der Waals surface area (Å²) >= 11 is 0. The summed E-state index contributed by atoms with van der Waals surface area (Å²) in [6.45, 7) is 0.579. The minimum atomic E-state index is -0.465. The van der Waals surface area contributed by atoms with E-state index >= 15 is 0 Å². The van der Waals surface area contributed by atoms with Crippen LogP contribution >= 0.6 is 0 Å². The smallest absolute Gasteiger partial charge is 0.242 e. The zero-order chi connectivity index (χ0) is 14.5. The monoisotopic (exact) mass is 282 g/mol. The molecule has 20 heavy (non-hydrogen) atoms. The van der Waals surface area contributed by atoms with Gasteiger partial charge in [0.1, 0.15) is 12.1 Å². The number of hydrogen-bond acceptors (Lipinski definition) is 4. The molecule has 0 aliphatic carbocycles. The van der Waals surface area contributed by atoms with E-state index in [9.17, 15) is 19.2 Å². The maximum absolute atomic E-state index is 11.6. The molecule has 2 aliphatic heterocycles. The van der Waals surface area contributed by atoms with Crippen LogP contribution in [0.4, 0.5) is 0 Å². The Morgan fingerprint density at radius 2 is 1.30 bits per heavy atom. The molecular weight excluding hydrogens is 264 g/mol. The molecule has 0 spiro atoms. The standard InChI is InChI=1S/C12H18N4O4/c17-9-3-1-7(15-9)11(19)13-5-6-14-12(20)8-2-4-10(18)16-8/h7-8H,1-6H2,(H,13,19)(H,14,20)(H,15,17)(H,16,18)/t7-,8-/m0/s1. The summed E-state index contributed by atoms with van der Waals surface area (Å²) in [5.41, 5.74) is 0. The first-order chi connectivity index (χ1) is 9.56. The topological polar surface area (TPSA) is 116 Å². The third-order valence-electron chi connectivity index (χ3n) is 3.35. The van der Waals surface area contributed by atoms with Crippen molar-refractivity contribution in [2.45, 2.75) is 37.8 Å². The summed E-state index contributed by atoms with van der Waals surface area (Å²) in [6, 6.07) is -0.931. The van der Waals surface area contributed by atoms with Crippen LogP contribution in [0.1, 0.15) is 25.7 Å². The van der Waals surface area contributed by atoms with E-state index in [2.05, 4.69) is 21.3 Å². The van der Waals surface area contributed by atoms with Crippen molar-refractivity contribution in [3.8, 4) is 0 Å². The van der Waals surface area contributed by atoms with Gasteiger partial charge < -0.3 is 21.3 Å². The van der Waals surface area contributed by atoms with E-state index in [1.807, 2.05) is 0 Å². The molecule has 4 N–H and O–H groups in total. The maximum Gasteiger partial charge on any atom is 0.242 e. The minimum Gasteiger partial charge on any atom is -0.353 e. The van der Waals surface area contributed by atoms with Gasteiger partial charge in [-0.3, -0.25) is 19.2 Å². The van der Waals surface area contributed by atoms with Crippen molar-refractivity contribution in [3.05, 3.63) is 0 Å². The van der Waals surface area contributed by atoms with Gasteiger partial charge in [0.25, 0.3) is 0 Å². The summed E-state index contributed by atoms with van der Waals surface area (Å²) < 4.78 is 0. The van der Waals surface area contributed by atoms with E-state index in [4.69, 9.17) is 0 Å². The molecule has 0 aromatic rings. The summed E-state index contributed by atoms with van der Waals surface area (Å²) in [5.74, 6) is -0.704. The van der Waals surface area contributed by atoms with Crippen molar-refractivity contribution in [2.24, 2.45) is 0 Å². The largest absolute Gasteiger partial charge is 0.353 e. The molecule has 8 nitrogen and oxygen atoms in total. The number of carbonyl (C=O) groups is 4. The molecule has 0 aromatic heterocycles. The van der Waals surface area contributed by atoms with Gasteiger partial charge in [-0.25, -0.2) is 0 Å². The fourth-order valence-electron chi connectivity index (χ4n) is 2.24. The van der Waals surface area contributed by atoms with Crippen molar-refractivity contribution < 1.29 is 19.2 Å². The van der Waals surface area contributed by atoms with E-state index in [1.54, 1.807) is 0 Å². The summed E-state index contributed by atoms with van der Waals surface area (Å²) in [7, 11) is 0.